The maximum atomic E-state index is 12.0. The van der Waals surface area contributed by atoms with Crippen LogP contribution in [0.15, 0.2) is 18.2 Å². The van der Waals surface area contributed by atoms with Gasteiger partial charge in [-0.25, -0.2) is 8.42 Å². The lowest BCUT2D eigenvalue weighted by atomic mass is 9.98. The van der Waals surface area contributed by atoms with Crippen LogP contribution in [0.3, 0.4) is 0 Å². The Morgan fingerprint density at radius 1 is 1.38 bits per heavy atom. The van der Waals surface area contributed by atoms with Crippen molar-refractivity contribution in [2.75, 3.05) is 38.2 Å². The maximum absolute atomic E-state index is 12.0. The summed E-state index contributed by atoms with van der Waals surface area (Å²) < 4.78 is 28.6. The molecule has 0 aliphatic carbocycles. The molecule has 1 aliphatic heterocycles. The van der Waals surface area contributed by atoms with Gasteiger partial charge in [0.25, 0.3) is 0 Å². The standard InChI is InChI=1S/C19H30N2O4S/c1-14(2)18-6-5-17(11-15(18)3)25-9-8-21(4)12-19(22)20-16-7-10-26(23,24)13-16/h5-6,11,14,16H,7-10,12-13H2,1-4H3,(H,20,22). The summed E-state index contributed by atoms with van der Waals surface area (Å²) in [6.07, 6.45) is 0.507. The molecule has 146 valence electrons. The molecule has 0 bridgehead atoms. The highest BCUT2D eigenvalue weighted by Gasteiger charge is 2.28. The zero-order valence-corrected chi connectivity index (χ0v) is 16.9. The molecule has 0 radical (unpaired) electrons. The number of aryl methyl sites for hydroxylation is 1. The van der Waals surface area contributed by atoms with Gasteiger partial charge in [-0.2, -0.15) is 0 Å². The molecule has 1 saturated heterocycles. The van der Waals surface area contributed by atoms with Crippen LogP contribution in [0, 0.1) is 6.92 Å². The molecule has 1 N–H and O–H groups in total. The Kier molecular flexibility index (Phi) is 7.06. The molecule has 2 rings (SSSR count). The van der Waals surface area contributed by atoms with Gasteiger partial charge in [0, 0.05) is 12.6 Å². The van der Waals surface area contributed by atoms with Crippen molar-refractivity contribution in [3.8, 4) is 5.75 Å². The number of carbonyl (C=O) groups excluding carboxylic acids is 1. The Morgan fingerprint density at radius 3 is 2.69 bits per heavy atom. The lowest BCUT2D eigenvalue weighted by Gasteiger charge is -2.18. The van der Waals surface area contributed by atoms with Crippen LogP contribution in [0.5, 0.6) is 5.75 Å². The molecular weight excluding hydrogens is 352 g/mol. The van der Waals surface area contributed by atoms with Crippen molar-refractivity contribution in [1.29, 1.82) is 0 Å². The lowest BCUT2D eigenvalue weighted by molar-refractivity contribution is -0.122. The van der Waals surface area contributed by atoms with Gasteiger partial charge in [-0.15, -0.1) is 0 Å². The van der Waals surface area contributed by atoms with Gasteiger partial charge in [0.2, 0.25) is 5.91 Å². The summed E-state index contributed by atoms with van der Waals surface area (Å²) in [7, 11) is -1.13. The highest BCUT2D eigenvalue weighted by atomic mass is 32.2. The van der Waals surface area contributed by atoms with Gasteiger partial charge in [-0.1, -0.05) is 19.9 Å². The van der Waals surface area contributed by atoms with Gasteiger partial charge in [-0.3, -0.25) is 9.69 Å². The van der Waals surface area contributed by atoms with Crippen molar-refractivity contribution in [3.05, 3.63) is 29.3 Å². The minimum Gasteiger partial charge on any atom is -0.492 e. The Bertz CT molecular complexity index is 731. The average molecular weight is 383 g/mol. The third kappa shape index (κ3) is 6.29. The molecule has 0 spiro atoms. The number of rotatable bonds is 8. The Morgan fingerprint density at radius 2 is 2.12 bits per heavy atom. The Labute approximate surface area is 156 Å². The summed E-state index contributed by atoms with van der Waals surface area (Å²) in [6.45, 7) is 7.75. The highest BCUT2D eigenvalue weighted by molar-refractivity contribution is 7.91. The van der Waals surface area contributed by atoms with Gasteiger partial charge in [0.1, 0.15) is 12.4 Å². The van der Waals surface area contributed by atoms with E-state index in [-0.39, 0.29) is 30.0 Å². The van der Waals surface area contributed by atoms with Crippen molar-refractivity contribution in [2.24, 2.45) is 0 Å². The first kappa shape index (κ1) is 20.7. The van der Waals surface area contributed by atoms with E-state index in [1.165, 1.54) is 11.1 Å². The van der Waals surface area contributed by atoms with E-state index in [2.05, 4.69) is 32.2 Å². The van der Waals surface area contributed by atoms with Crippen LogP contribution in [0.4, 0.5) is 0 Å². The largest absolute Gasteiger partial charge is 0.492 e. The van der Waals surface area contributed by atoms with E-state index in [1.807, 2.05) is 24.1 Å². The summed E-state index contributed by atoms with van der Waals surface area (Å²) in [4.78, 5) is 13.9. The van der Waals surface area contributed by atoms with E-state index in [0.29, 0.717) is 25.5 Å². The maximum Gasteiger partial charge on any atom is 0.234 e. The number of nitrogens with one attached hydrogen (secondary N) is 1. The molecule has 1 amide bonds. The second-order valence-electron chi connectivity index (χ2n) is 7.43. The zero-order chi connectivity index (χ0) is 19.3. The minimum atomic E-state index is -2.97. The normalized spacial score (nSPS) is 19.1. The number of benzene rings is 1. The highest BCUT2D eigenvalue weighted by Crippen LogP contribution is 2.23. The van der Waals surface area contributed by atoms with Crippen molar-refractivity contribution in [2.45, 2.75) is 39.2 Å². The van der Waals surface area contributed by atoms with Crippen molar-refractivity contribution in [3.63, 3.8) is 0 Å². The van der Waals surface area contributed by atoms with Crippen LogP contribution in [0.25, 0.3) is 0 Å². The Balaban J connectivity index is 1.71. The third-order valence-corrected chi connectivity index (χ3v) is 6.38. The van der Waals surface area contributed by atoms with E-state index < -0.39 is 9.84 Å². The second kappa shape index (κ2) is 8.86. The van der Waals surface area contributed by atoms with Crippen LogP contribution in [-0.4, -0.2) is 63.5 Å². The molecule has 1 aromatic rings. The van der Waals surface area contributed by atoms with Crippen LogP contribution >= 0.6 is 0 Å². The van der Waals surface area contributed by atoms with Crippen LogP contribution < -0.4 is 10.1 Å². The SMILES string of the molecule is Cc1cc(OCCN(C)CC(=O)NC2CCS(=O)(=O)C2)ccc1C(C)C. The quantitative estimate of drug-likeness (QED) is 0.741. The molecule has 0 aromatic heterocycles. The van der Waals surface area contributed by atoms with Crippen LogP contribution in [0.2, 0.25) is 0 Å². The molecule has 1 fully saturated rings. The number of amides is 1. The molecule has 6 nitrogen and oxygen atoms in total. The smallest absolute Gasteiger partial charge is 0.234 e. The second-order valence-corrected chi connectivity index (χ2v) is 9.66. The Hall–Kier alpha value is -1.60. The van der Waals surface area contributed by atoms with Crippen LogP contribution in [-0.2, 0) is 14.6 Å². The number of hydrogen-bond acceptors (Lipinski definition) is 5. The first-order valence-electron chi connectivity index (χ1n) is 9.08. The number of likely N-dealkylation sites (N-methyl/N-ethyl adjacent to an activating group) is 1. The summed E-state index contributed by atoms with van der Waals surface area (Å²) in [5, 5.41) is 2.80. The monoisotopic (exact) mass is 382 g/mol. The van der Waals surface area contributed by atoms with E-state index in [4.69, 9.17) is 4.74 Å². The number of carbonyl (C=O) groups is 1. The number of nitrogens with zero attached hydrogens (tertiary/aromatic N) is 1. The summed E-state index contributed by atoms with van der Waals surface area (Å²) >= 11 is 0. The zero-order valence-electron chi connectivity index (χ0n) is 16.1. The molecule has 1 unspecified atom stereocenters. The fraction of sp³-hybridized carbons (Fsp3) is 0.632. The summed E-state index contributed by atoms with van der Waals surface area (Å²) in [5.74, 6) is 1.39. The molecule has 1 heterocycles. The topological polar surface area (TPSA) is 75.7 Å². The van der Waals surface area contributed by atoms with Gasteiger partial charge >= 0.3 is 0 Å². The molecule has 7 heteroatoms. The average Bonchev–Trinajstić information content (AvgIpc) is 2.85. The van der Waals surface area contributed by atoms with E-state index >= 15 is 0 Å². The van der Waals surface area contributed by atoms with Crippen LogP contribution in [0.1, 0.15) is 37.3 Å². The van der Waals surface area contributed by atoms with Crippen molar-refractivity contribution in [1.82, 2.24) is 10.2 Å². The van der Waals surface area contributed by atoms with E-state index in [1.54, 1.807) is 0 Å². The van der Waals surface area contributed by atoms with E-state index in [0.717, 1.165) is 5.75 Å². The first-order valence-corrected chi connectivity index (χ1v) is 10.9. The van der Waals surface area contributed by atoms with Crippen molar-refractivity contribution >= 4 is 15.7 Å². The van der Waals surface area contributed by atoms with Gasteiger partial charge in [-0.05, 0) is 49.6 Å². The molecule has 0 saturated carbocycles. The van der Waals surface area contributed by atoms with Gasteiger partial charge in [0.05, 0.1) is 18.1 Å². The number of sulfone groups is 1. The molecular formula is C19H30N2O4S. The minimum absolute atomic E-state index is 0.0529. The molecule has 26 heavy (non-hydrogen) atoms. The van der Waals surface area contributed by atoms with Gasteiger partial charge < -0.3 is 10.1 Å². The summed E-state index contributed by atoms with van der Waals surface area (Å²) in [5.41, 5.74) is 2.54. The molecule has 1 aromatic carbocycles. The number of hydrogen-bond donors (Lipinski definition) is 1. The fourth-order valence-electron chi connectivity index (χ4n) is 3.21. The van der Waals surface area contributed by atoms with E-state index in [9.17, 15) is 13.2 Å². The predicted octanol–water partition coefficient (Wildman–Crippen LogP) is 1.73. The fourth-order valence-corrected chi connectivity index (χ4v) is 4.88. The molecule has 1 aliphatic rings. The third-order valence-electron chi connectivity index (χ3n) is 4.62. The summed E-state index contributed by atoms with van der Waals surface area (Å²) in [6, 6.07) is 5.87. The van der Waals surface area contributed by atoms with Crippen molar-refractivity contribution < 1.29 is 17.9 Å². The van der Waals surface area contributed by atoms with Gasteiger partial charge in [0.15, 0.2) is 9.84 Å². The first-order chi connectivity index (χ1) is 12.2. The molecule has 1 atom stereocenters. The number of ether oxygens (including phenoxy) is 1. The lowest BCUT2D eigenvalue weighted by Crippen LogP contribution is -2.42. The predicted molar refractivity (Wildman–Crippen MR) is 103 cm³/mol.